The summed E-state index contributed by atoms with van der Waals surface area (Å²) in [5, 5.41) is 0. The predicted octanol–water partition coefficient (Wildman–Crippen LogP) is 4.04. The molecule has 1 atom stereocenters. The molecule has 1 aromatic heterocycles. The SMILES string of the molecule is CC(=O)C1CCC2(CC1)CC(N1CCN(c3cnc(C(C)C)nc3)C[C@H]1C)C2. The molecule has 2 heterocycles. The van der Waals surface area contributed by atoms with Crippen molar-refractivity contribution in [1.29, 1.82) is 0 Å². The maximum atomic E-state index is 11.6. The Morgan fingerprint density at radius 2 is 1.79 bits per heavy atom. The molecule has 1 spiro atoms. The van der Waals surface area contributed by atoms with Crippen LogP contribution in [0.5, 0.6) is 0 Å². The number of nitrogens with zero attached hydrogens (tertiary/aromatic N) is 4. The molecule has 0 aromatic carbocycles. The normalized spacial score (nSPS) is 33.9. The minimum Gasteiger partial charge on any atom is -0.366 e. The summed E-state index contributed by atoms with van der Waals surface area (Å²) in [7, 11) is 0. The highest BCUT2D eigenvalue weighted by Crippen LogP contribution is 2.54. The van der Waals surface area contributed by atoms with Crippen molar-refractivity contribution in [2.24, 2.45) is 11.3 Å². The summed E-state index contributed by atoms with van der Waals surface area (Å²) >= 11 is 0. The second kappa shape index (κ2) is 7.74. The highest BCUT2D eigenvalue weighted by molar-refractivity contribution is 5.78. The van der Waals surface area contributed by atoms with Gasteiger partial charge in [0, 0.05) is 43.6 Å². The lowest BCUT2D eigenvalue weighted by Gasteiger charge is -2.57. The van der Waals surface area contributed by atoms with Crippen molar-refractivity contribution < 1.29 is 4.79 Å². The number of carbonyl (C=O) groups excluding carboxylic acids is 1. The van der Waals surface area contributed by atoms with E-state index in [1.165, 1.54) is 25.7 Å². The van der Waals surface area contributed by atoms with Gasteiger partial charge in [-0.15, -0.1) is 0 Å². The molecule has 0 bridgehead atoms. The van der Waals surface area contributed by atoms with E-state index in [0.717, 1.165) is 50.0 Å². The van der Waals surface area contributed by atoms with Gasteiger partial charge >= 0.3 is 0 Å². The zero-order valence-electron chi connectivity index (χ0n) is 18.0. The molecular formula is C23H36N4O. The molecule has 154 valence electrons. The first-order valence-corrected chi connectivity index (χ1v) is 11.2. The van der Waals surface area contributed by atoms with Crippen LogP contribution in [0.1, 0.15) is 78.0 Å². The predicted molar refractivity (Wildman–Crippen MR) is 113 cm³/mol. The summed E-state index contributed by atoms with van der Waals surface area (Å²) in [5.41, 5.74) is 1.71. The third kappa shape index (κ3) is 3.83. The van der Waals surface area contributed by atoms with Gasteiger partial charge in [0.15, 0.2) is 0 Å². The van der Waals surface area contributed by atoms with E-state index in [4.69, 9.17) is 0 Å². The fraction of sp³-hybridized carbons (Fsp3) is 0.783. The number of Topliss-reactive ketones (excluding diaryl/α,β-unsaturated/α-hetero) is 1. The summed E-state index contributed by atoms with van der Waals surface area (Å²) in [4.78, 5) is 25.9. The van der Waals surface area contributed by atoms with E-state index in [1.807, 2.05) is 12.4 Å². The quantitative estimate of drug-likeness (QED) is 0.784. The average Bonchev–Trinajstić information content (AvgIpc) is 2.66. The van der Waals surface area contributed by atoms with E-state index < -0.39 is 0 Å². The highest BCUT2D eigenvalue weighted by atomic mass is 16.1. The molecule has 2 saturated carbocycles. The number of hydrogen-bond donors (Lipinski definition) is 0. The van der Waals surface area contributed by atoms with Gasteiger partial charge in [0.25, 0.3) is 0 Å². The van der Waals surface area contributed by atoms with Crippen molar-refractivity contribution >= 4 is 11.5 Å². The summed E-state index contributed by atoms with van der Waals surface area (Å²) in [5.74, 6) is 2.05. The fourth-order valence-electron chi connectivity index (χ4n) is 5.76. The summed E-state index contributed by atoms with van der Waals surface area (Å²) in [6.45, 7) is 11.7. The monoisotopic (exact) mass is 384 g/mol. The Morgan fingerprint density at radius 1 is 1.14 bits per heavy atom. The molecule has 0 unspecified atom stereocenters. The van der Waals surface area contributed by atoms with E-state index in [2.05, 4.69) is 40.5 Å². The lowest BCUT2D eigenvalue weighted by atomic mass is 9.56. The Morgan fingerprint density at radius 3 is 2.32 bits per heavy atom. The van der Waals surface area contributed by atoms with Gasteiger partial charge in [0.2, 0.25) is 0 Å². The first kappa shape index (κ1) is 19.8. The van der Waals surface area contributed by atoms with Gasteiger partial charge < -0.3 is 4.90 Å². The molecule has 0 N–H and O–H groups in total. The molecule has 3 aliphatic rings. The van der Waals surface area contributed by atoms with Crippen LogP contribution in [0, 0.1) is 11.3 Å². The second-order valence-corrected chi connectivity index (χ2v) is 9.93. The van der Waals surface area contributed by atoms with E-state index >= 15 is 0 Å². The Bertz CT molecular complexity index is 685. The smallest absolute Gasteiger partial charge is 0.132 e. The van der Waals surface area contributed by atoms with Gasteiger partial charge in [-0.25, -0.2) is 9.97 Å². The van der Waals surface area contributed by atoms with Gasteiger partial charge in [-0.05, 0) is 57.8 Å². The maximum absolute atomic E-state index is 11.6. The number of carbonyl (C=O) groups is 1. The molecule has 4 rings (SSSR count). The number of ketones is 1. The van der Waals surface area contributed by atoms with Crippen LogP contribution in [0.4, 0.5) is 5.69 Å². The second-order valence-electron chi connectivity index (χ2n) is 9.93. The van der Waals surface area contributed by atoms with Crippen LogP contribution in [0.2, 0.25) is 0 Å². The first-order valence-electron chi connectivity index (χ1n) is 11.2. The lowest BCUT2D eigenvalue weighted by Crippen LogP contribution is -2.61. The van der Waals surface area contributed by atoms with Crippen LogP contribution >= 0.6 is 0 Å². The van der Waals surface area contributed by atoms with Gasteiger partial charge in [0.05, 0.1) is 18.1 Å². The molecule has 1 aliphatic heterocycles. The molecule has 28 heavy (non-hydrogen) atoms. The molecule has 3 fully saturated rings. The van der Waals surface area contributed by atoms with E-state index in [1.54, 1.807) is 6.92 Å². The van der Waals surface area contributed by atoms with Crippen LogP contribution in [-0.2, 0) is 4.79 Å². The Hall–Kier alpha value is -1.49. The minimum atomic E-state index is 0.344. The number of piperazine rings is 1. The van der Waals surface area contributed by atoms with Crippen LogP contribution < -0.4 is 4.90 Å². The van der Waals surface area contributed by atoms with Crippen LogP contribution in [0.15, 0.2) is 12.4 Å². The minimum absolute atomic E-state index is 0.344. The van der Waals surface area contributed by atoms with E-state index in [-0.39, 0.29) is 0 Å². The Labute approximate surface area is 169 Å². The summed E-state index contributed by atoms with van der Waals surface area (Å²) in [6.07, 6.45) is 11.5. The van der Waals surface area contributed by atoms with Crippen molar-refractivity contribution in [2.45, 2.75) is 84.2 Å². The van der Waals surface area contributed by atoms with E-state index in [0.29, 0.717) is 29.1 Å². The van der Waals surface area contributed by atoms with Crippen molar-refractivity contribution in [3.05, 3.63) is 18.2 Å². The molecule has 0 radical (unpaired) electrons. The van der Waals surface area contributed by atoms with Crippen molar-refractivity contribution in [3.8, 4) is 0 Å². The van der Waals surface area contributed by atoms with Crippen LogP contribution in [0.25, 0.3) is 0 Å². The van der Waals surface area contributed by atoms with Crippen LogP contribution in [0.3, 0.4) is 0 Å². The standard InChI is InChI=1S/C23H36N4O/c1-16(2)22-24-13-21(14-25-22)26-9-10-27(17(3)15-26)20-11-23(12-20)7-5-19(6-8-23)18(4)28/h13-14,16-17,19-20H,5-12,15H2,1-4H3/t17-,19?,20?,23?/m1/s1. The third-order valence-electron chi connectivity index (χ3n) is 7.65. The topological polar surface area (TPSA) is 49.3 Å². The summed E-state index contributed by atoms with van der Waals surface area (Å²) < 4.78 is 0. The number of anilines is 1. The molecule has 1 aromatic rings. The maximum Gasteiger partial charge on any atom is 0.132 e. The average molecular weight is 385 g/mol. The van der Waals surface area contributed by atoms with Crippen molar-refractivity contribution in [3.63, 3.8) is 0 Å². The highest BCUT2D eigenvalue weighted by Gasteiger charge is 2.49. The molecule has 2 aliphatic carbocycles. The Kier molecular flexibility index (Phi) is 5.47. The number of rotatable bonds is 4. The summed E-state index contributed by atoms with van der Waals surface area (Å²) in [6, 6.07) is 1.31. The van der Waals surface area contributed by atoms with Crippen LogP contribution in [-0.4, -0.2) is 52.4 Å². The largest absolute Gasteiger partial charge is 0.366 e. The van der Waals surface area contributed by atoms with Crippen molar-refractivity contribution in [2.75, 3.05) is 24.5 Å². The van der Waals surface area contributed by atoms with Gasteiger partial charge in [-0.2, -0.15) is 0 Å². The molecule has 1 saturated heterocycles. The van der Waals surface area contributed by atoms with Gasteiger partial charge in [0.1, 0.15) is 11.6 Å². The fourth-order valence-corrected chi connectivity index (χ4v) is 5.76. The van der Waals surface area contributed by atoms with E-state index in [9.17, 15) is 4.79 Å². The lowest BCUT2D eigenvalue weighted by molar-refractivity contribution is -0.124. The number of aromatic nitrogens is 2. The first-order chi connectivity index (χ1) is 13.4. The van der Waals surface area contributed by atoms with Gasteiger partial charge in [-0.3, -0.25) is 9.69 Å². The Balaban J connectivity index is 1.29. The molecule has 5 nitrogen and oxygen atoms in total. The van der Waals surface area contributed by atoms with Gasteiger partial charge in [-0.1, -0.05) is 13.8 Å². The molecular weight excluding hydrogens is 348 g/mol. The zero-order chi connectivity index (χ0) is 19.9. The molecule has 0 amide bonds. The third-order valence-corrected chi connectivity index (χ3v) is 7.65. The zero-order valence-corrected chi connectivity index (χ0v) is 18.0. The van der Waals surface area contributed by atoms with Crippen molar-refractivity contribution in [1.82, 2.24) is 14.9 Å². The molecule has 5 heteroatoms. The number of hydrogen-bond acceptors (Lipinski definition) is 5.